The summed E-state index contributed by atoms with van der Waals surface area (Å²) in [5.41, 5.74) is 0.666. The largest absolute Gasteiger partial charge is 0.493 e. The van der Waals surface area contributed by atoms with Gasteiger partial charge in [0.1, 0.15) is 0 Å². The molecule has 0 saturated heterocycles. The molecule has 104 valence electrons. The summed E-state index contributed by atoms with van der Waals surface area (Å²) in [4.78, 5) is 11.4. The lowest BCUT2D eigenvalue weighted by Crippen LogP contribution is -2.15. The molecule has 0 aromatic heterocycles. The second kappa shape index (κ2) is 6.60. The van der Waals surface area contributed by atoms with Crippen LogP contribution in [-0.2, 0) is 0 Å². The summed E-state index contributed by atoms with van der Waals surface area (Å²) in [6.07, 6.45) is 6.44. The van der Waals surface area contributed by atoms with E-state index in [1.54, 1.807) is 32.2 Å². The van der Waals surface area contributed by atoms with Gasteiger partial charge in [-0.1, -0.05) is 19.3 Å². The molecule has 1 fully saturated rings. The second-order valence-electron chi connectivity index (χ2n) is 5.24. The third kappa shape index (κ3) is 3.72. The minimum absolute atomic E-state index is 0.0465. The maximum atomic E-state index is 11.4. The van der Waals surface area contributed by atoms with Crippen molar-refractivity contribution in [3.63, 3.8) is 0 Å². The zero-order valence-electron chi connectivity index (χ0n) is 11.8. The van der Waals surface area contributed by atoms with Gasteiger partial charge in [0.2, 0.25) is 0 Å². The van der Waals surface area contributed by atoms with E-state index in [0.717, 1.165) is 6.61 Å². The number of carbonyl (C=O) groups excluding carboxylic acids is 1. The van der Waals surface area contributed by atoms with Gasteiger partial charge in [0, 0.05) is 5.56 Å². The number of rotatable bonds is 5. The summed E-state index contributed by atoms with van der Waals surface area (Å²) in [6, 6.07) is 5.35. The third-order valence-corrected chi connectivity index (χ3v) is 3.77. The van der Waals surface area contributed by atoms with Gasteiger partial charge in [0.25, 0.3) is 0 Å². The van der Waals surface area contributed by atoms with Gasteiger partial charge in [0.05, 0.1) is 13.7 Å². The van der Waals surface area contributed by atoms with Gasteiger partial charge < -0.3 is 9.47 Å². The van der Waals surface area contributed by atoms with Gasteiger partial charge in [-0.05, 0) is 43.9 Å². The van der Waals surface area contributed by atoms with Crippen LogP contribution in [0.25, 0.3) is 0 Å². The van der Waals surface area contributed by atoms with Crippen LogP contribution in [0.2, 0.25) is 0 Å². The van der Waals surface area contributed by atoms with E-state index in [1.165, 1.54) is 32.1 Å². The summed E-state index contributed by atoms with van der Waals surface area (Å²) in [5, 5.41) is 0. The smallest absolute Gasteiger partial charge is 0.161 e. The number of ketones is 1. The fraction of sp³-hybridized carbons (Fsp3) is 0.562. The number of benzene rings is 1. The van der Waals surface area contributed by atoms with Crippen molar-refractivity contribution in [2.45, 2.75) is 39.0 Å². The fourth-order valence-electron chi connectivity index (χ4n) is 2.57. The van der Waals surface area contributed by atoms with Crippen molar-refractivity contribution >= 4 is 5.78 Å². The zero-order valence-corrected chi connectivity index (χ0v) is 11.8. The van der Waals surface area contributed by atoms with E-state index in [4.69, 9.17) is 9.47 Å². The molecule has 0 spiro atoms. The molecule has 3 heteroatoms. The van der Waals surface area contributed by atoms with Gasteiger partial charge in [-0.2, -0.15) is 0 Å². The lowest BCUT2D eigenvalue weighted by Gasteiger charge is -2.22. The van der Waals surface area contributed by atoms with Crippen LogP contribution in [0.15, 0.2) is 18.2 Å². The number of Topliss-reactive ketones (excluding diaryl/α,β-unsaturated/α-hetero) is 1. The average molecular weight is 262 g/mol. The molecule has 1 aromatic rings. The van der Waals surface area contributed by atoms with E-state index in [9.17, 15) is 4.79 Å². The maximum Gasteiger partial charge on any atom is 0.161 e. The van der Waals surface area contributed by atoms with Crippen molar-refractivity contribution in [2.24, 2.45) is 5.92 Å². The van der Waals surface area contributed by atoms with E-state index in [-0.39, 0.29) is 5.78 Å². The first-order valence-electron chi connectivity index (χ1n) is 7.02. The Balaban J connectivity index is 2.04. The summed E-state index contributed by atoms with van der Waals surface area (Å²) < 4.78 is 11.2. The molecule has 0 bridgehead atoms. The number of hydrogen-bond donors (Lipinski definition) is 0. The maximum absolute atomic E-state index is 11.4. The van der Waals surface area contributed by atoms with Crippen molar-refractivity contribution in [1.82, 2.24) is 0 Å². The Labute approximate surface area is 114 Å². The highest BCUT2D eigenvalue weighted by molar-refractivity contribution is 5.94. The van der Waals surface area contributed by atoms with Crippen LogP contribution in [0.3, 0.4) is 0 Å². The normalized spacial score (nSPS) is 16.1. The summed E-state index contributed by atoms with van der Waals surface area (Å²) in [6.45, 7) is 2.28. The molecule has 1 aliphatic rings. The van der Waals surface area contributed by atoms with Crippen LogP contribution in [-0.4, -0.2) is 19.5 Å². The fourth-order valence-corrected chi connectivity index (χ4v) is 2.57. The SMILES string of the molecule is COc1ccc(C(C)=O)cc1OCC1CCCCC1. The Hall–Kier alpha value is -1.51. The Morgan fingerprint density at radius 2 is 1.95 bits per heavy atom. The minimum Gasteiger partial charge on any atom is -0.493 e. The predicted molar refractivity (Wildman–Crippen MR) is 75.1 cm³/mol. The van der Waals surface area contributed by atoms with Crippen molar-refractivity contribution in [3.8, 4) is 11.5 Å². The average Bonchev–Trinajstić information content (AvgIpc) is 2.45. The first-order chi connectivity index (χ1) is 9.20. The highest BCUT2D eigenvalue weighted by Crippen LogP contribution is 2.30. The summed E-state index contributed by atoms with van der Waals surface area (Å²) >= 11 is 0. The molecule has 0 atom stereocenters. The van der Waals surface area contributed by atoms with Gasteiger partial charge in [-0.15, -0.1) is 0 Å². The lowest BCUT2D eigenvalue weighted by atomic mass is 9.90. The van der Waals surface area contributed by atoms with Gasteiger partial charge >= 0.3 is 0 Å². The first-order valence-corrected chi connectivity index (χ1v) is 7.02. The monoisotopic (exact) mass is 262 g/mol. The highest BCUT2D eigenvalue weighted by Gasteiger charge is 2.15. The lowest BCUT2D eigenvalue weighted by molar-refractivity contribution is 0.101. The zero-order chi connectivity index (χ0) is 13.7. The molecule has 0 heterocycles. The van der Waals surface area contributed by atoms with E-state index in [2.05, 4.69) is 0 Å². The van der Waals surface area contributed by atoms with E-state index < -0.39 is 0 Å². The van der Waals surface area contributed by atoms with Crippen LogP contribution in [0.4, 0.5) is 0 Å². The highest BCUT2D eigenvalue weighted by atomic mass is 16.5. The number of ether oxygens (including phenoxy) is 2. The molecule has 0 N–H and O–H groups in total. The Morgan fingerprint density at radius 1 is 1.21 bits per heavy atom. The molecule has 1 aliphatic carbocycles. The van der Waals surface area contributed by atoms with Crippen molar-refractivity contribution in [2.75, 3.05) is 13.7 Å². The molecular formula is C16H22O3. The molecule has 19 heavy (non-hydrogen) atoms. The third-order valence-electron chi connectivity index (χ3n) is 3.77. The van der Waals surface area contributed by atoms with Crippen molar-refractivity contribution < 1.29 is 14.3 Å². The number of carbonyl (C=O) groups is 1. The second-order valence-corrected chi connectivity index (χ2v) is 5.24. The molecule has 1 aromatic carbocycles. The Kier molecular flexibility index (Phi) is 4.83. The van der Waals surface area contributed by atoms with Crippen LogP contribution in [0, 0.1) is 5.92 Å². The van der Waals surface area contributed by atoms with Crippen LogP contribution >= 0.6 is 0 Å². The van der Waals surface area contributed by atoms with Crippen LogP contribution in [0.5, 0.6) is 11.5 Å². The van der Waals surface area contributed by atoms with Crippen molar-refractivity contribution in [1.29, 1.82) is 0 Å². The molecule has 3 nitrogen and oxygen atoms in total. The van der Waals surface area contributed by atoms with E-state index >= 15 is 0 Å². The topological polar surface area (TPSA) is 35.5 Å². The predicted octanol–water partition coefficient (Wildman–Crippen LogP) is 3.86. The summed E-state index contributed by atoms with van der Waals surface area (Å²) in [7, 11) is 1.62. The molecule has 0 aliphatic heterocycles. The molecule has 0 radical (unpaired) electrons. The summed E-state index contributed by atoms with van der Waals surface area (Å²) in [5.74, 6) is 2.06. The quantitative estimate of drug-likeness (QED) is 0.756. The molecule has 0 amide bonds. The van der Waals surface area contributed by atoms with Gasteiger partial charge in [-0.25, -0.2) is 0 Å². The van der Waals surface area contributed by atoms with Crippen LogP contribution in [0.1, 0.15) is 49.4 Å². The molecule has 2 rings (SSSR count). The van der Waals surface area contributed by atoms with Crippen LogP contribution < -0.4 is 9.47 Å². The molecular weight excluding hydrogens is 240 g/mol. The molecule has 0 unspecified atom stereocenters. The Bertz CT molecular complexity index is 434. The number of methoxy groups -OCH3 is 1. The molecule has 1 saturated carbocycles. The minimum atomic E-state index is 0.0465. The first kappa shape index (κ1) is 13.9. The standard InChI is InChI=1S/C16H22O3/c1-12(17)14-8-9-15(18-2)16(10-14)19-11-13-6-4-3-5-7-13/h8-10,13H,3-7,11H2,1-2H3. The van der Waals surface area contributed by atoms with E-state index in [1.807, 2.05) is 0 Å². The van der Waals surface area contributed by atoms with Gasteiger partial charge in [-0.3, -0.25) is 4.79 Å². The van der Waals surface area contributed by atoms with Crippen molar-refractivity contribution in [3.05, 3.63) is 23.8 Å². The van der Waals surface area contributed by atoms with E-state index in [0.29, 0.717) is 23.0 Å². The van der Waals surface area contributed by atoms with Gasteiger partial charge in [0.15, 0.2) is 17.3 Å². The Morgan fingerprint density at radius 3 is 2.58 bits per heavy atom. The number of hydrogen-bond acceptors (Lipinski definition) is 3.